The van der Waals surface area contributed by atoms with Gasteiger partial charge in [-0.25, -0.2) is 4.68 Å². The van der Waals surface area contributed by atoms with Crippen LogP contribution in [0.15, 0.2) is 23.4 Å². The SMILES string of the molecule is CSc1nc(N)nn1CCCOc1c(C)cccc1C. The van der Waals surface area contributed by atoms with E-state index < -0.39 is 0 Å². The van der Waals surface area contributed by atoms with E-state index in [1.54, 1.807) is 11.8 Å². The zero-order valence-electron chi connectivity index (χ0n) is 12.1. The number of hydrogen-bond donors (Lipinski definition) is 1. The molecule has 2 rings (SSSR count). The van der Waals surface area contributed by atoms with Gasteiger partial charge in [0.05, 0.1) is 6.61 Å². The Morgan fingerprint density at radius 1 is 1.30 bits per heavy atom. The summed E-state index contributed by atoms with van der Waals surface area (Å²) in [5.41, 5.74) is 7.94. The van der Waals surface area contributed by atoms with Crippen molar-refractivity contribution in [2.75, 3.05) is 18.6 Å². The van der Waals surface area contributed by atoms with Crippen molar-refractivity contribution in [3.05, 3.63) is 29.3 Å². The molecule has 0 aliphatic rings. The summed E-state index contributed by atoms with van der Waals surface area (Å²) in [7, 11) is 0. The molecule has 20 heavy (non-hydrogen) atoms. The maximum Gasteiger partial charge on any atom is 0.240 e. The summed E-state index contributed by atoms with van der Waals surface area (Å²) in [6, 6.07) is 6.17. The molecule has 0 fully saturated rings. The lowest BCUT2D eigenvalue weighted by molar-refractivity contribution is 0.292. The van der Waals surface area contributed by atoms with Crippen LogP contribution in [0.3, 0.4) is 0 Å². The molecule has 0 radical (unpaired) electrons. The van der Waals surface area contributed by atoms with E-state index in [0.29, 0.717) is 12.6 Å². The average molecular weight is 292 g/mol. The molecule has 0 unspecified atom stereocenters. The molecule has 0 bridgehead atoms. The van der Waals surface area contributed by atoms with Gasteiger partial charge in [0, 0.05) is 13.0 Å². The molecule has 2 N–H and O–H groups in total. The van der Waals surface area contributed by atoms with Crippen LogP contribution in [0.4, 0.5) is 5.95 Å². The predicted octanol–water partition coefficient (Wildman–Crippen LogP) is 2.67. The number of rotatable bonds is 6. The number of ether oxygens (including phenoxy) is 1. The highest BCUT2D eigenvalue weighted by Gasteiger charge is 2.07. The Morgan fingerprint density at radius 3 is 2.65 bits per heavy atom. The fraction of sp³-hybridized carbons (Fsp3) is 0.429. The van der Waals surface area contributed by atoms with Gasteiger partial charge in [0.15, 0.2) is 5.16 Å². The van der Waals surface area contributed by atoms with Gasteiger partial charge in [-0.2, -0.15) is 4.98 Å². The van der Waals surface area contributed by atoms with E-state index >= 15 is 0 Å². The molecule has 0 saturated carbocycles. The standard InChI is InChI=1S/C14H20N4OS/c1-10-6-4-7-11(2)12(10)19-9-5-8-18-14(20-3)16-13(15)17-18/h4,6-7H,5,8-9H2,1-3H3,(H2,15,17). The highest BCUT2D eigenvalue weighted by molar-refractivity contribution is 7.98. The molecular formula is C14H20N4OS. The number of anilines is 1. The van der Waals surface area contributed by atoms with Crippen molar-refractivity contribution in [1.82, 2.24) is 14.8 Å². The zero-order chi connectivity index (χ0) is 14.5. The number of aryl methyl sites for hydroxylation is 3. The second-order valence-electron chi connectivity index (χ2n) is 4.60. The normalized spacial score (nSPS) is 10.8. The van der Waals surface area contributed by atoms with Crippen LogP contribution in [0.25, 0.3) is 0 Å². The van der Waals surface area contributed by atoms with E-state index in [0.717, 1.165) is 23.9 Å². The minimum Gasteiger partial charge on any atom is -0.493 e. The molecule has 1 heterocycles. The van der Waals surface area contributed by atoms with Crippen molar-refractivity contribution < 1.29 is 4.74 Å². The topological polar surface area (TPSA) is 66.0 Å². The van der Waals surface area contributed by atoms with E-state index in [9.17, 15) is 0 Å². The lowest BCUT2D eigenvalue weighted by Gasteiger charge is -2.12. The highest BCUT2D eigenvalue weighted by Crippen LogP contribution is 2.22. The molecule has 0 aliphatic carbocycles. The molecule has 108 valence electrons. The Bertz CT molecular complexity index is 562. The number of nitrogen functional groups attached to an aromatic ring is 1. The summed E-state index contributed by atoms with van der Waals surface area (Å²) in [5, 5.41) is 5.01. The van der Waals surface area contributed by atoms with E-state index in [-0.39, 0.29) is 0 Å². The van der Waals surface area contributed by atoms with Gasteiger partial charge in [-0.15, -0.1) is 5.10 Å². The Balaban J connectivity index is 1.87. The molecule has 0 aliphatic heterocycles. The first-order valence-corrected chi connectivity index (χ1v) is 7.77. The zero-order valence-corrected chi connectivity index (χ0v) is 12.9. The van der Waals surface area contributed by atoms with Crippen molar-refractivity contribution in [2.24, 2.45) is 0 Å². The van der Waals surface area contributed by atoms with Gasteiger partial charge in [0.25, 0.3) is 0 Å². The molecule has 0 atom stereocenters. The number of hydrogen-bond acceptors (Lipinski definition) is 5. The van der Waals surface area contributed by atoms with Crippen LogP contribution in [0.5, 0.6) is 5.75 Å². The average Bonchev–Trinajstić information content (AvgIpc) is 2.77. The van der Waals surface area contributed by atoms with Crippen molar-refractivity contribution >= 4 is 17.7 Å². The summed E-state index contributed by atoms with van der Waals surface area (Å²) >= 11 is 1.54. The van der Waals surface area contributed by atoms with Crippen LogP contribution in [-0.2, 0) is 6.54 Å². The molecular weight excluding hydrogens is 272 g/mol. The van der Waals surface area contributed by atoms with Crippen molar-refractivity contribution in [1.29, 1.82) is 0 Å². The fourth-order valence-corrected chi connectivity index (χ4v) is 2.58. The van der Waals surface area contributed by atoms with Gasteiger partial charge in [-0.3, -0.25) is 0 Å². The summed E-state index contributed by atoms with van der Waals surface area (Å²) in [6.07, 6.45) is 2.83. The molecule has 5 nitrogen and oxygen atoms in total. The van der Waals surface area contributed by atoms with Gasteiger partial charge >= 0.3 is 0 Å². The predicted molar refractivity (Wildman–Crippen MR) is 82.2 cm³/mol. The van der Waals surface area contributed by atoms with Crippen LogP contribution < -0.4 is 10.5 Å². The maximum atomic E-state index is 5.87. The van der Waals surface area contributed by atoms with E-state index in [2.05, 4.69) is 36.1 Å². The van der Waals surface area contributed by atoms with Gasteiger partial charge in [-0.1, -0.05) is 30.0 Å². The molecule has 0 saturated heterocycles. The van der Waals surface area contributed by atoms with Gasteiger partial charge in [0.1, 0.15) is 5.75 Å². The molecule has 0 spiro atoms. The smallest absolute Gasteiger partial charge is 0.240 e. The summed E-state index contributed by atoms with van der Waals surface area (Å²) in [5.74, 6) is 1.31. The van der Waals surface area contributed by atoms with E-state index in [4.69, 9.17) is 10.5 Å². The Morgan fingerprint density at radius 2 is 2.00 bits per heavy atom. The van der Waals surface area contributed by atoms with Gasteiger partial charge in [-0.05, 0) is 31.2 Å². The largest absolute Gasteiger partial charge is 0.493 e. The minimum atomic E-state index is 0.324. The van der Waals surface area contributed by atoms with Crippen LogP contribution in [-0.4, -0.2) is 27.6 Å². The fourth-order valence-electron chi connectivity index (χ4n) is 2.06. The van der Waals surface area contributed by atoms with Gasteiger partial charge < -0.3 is 10.5 Å². The highest BCUT2D eigenvalue weighted by atomic mass is 32.2. The van der Waals surface area contributed by atoms with Crippen molar-refractivity contribution in [3.63, 3.8) is 0 Å². The summed E-state index contributed by atoms with van der Waals surface area (Å²) in [6.45, 7) is 5.53. The molecule has 1 aromatic carbocycles. The number of benzene rings is 1. The van der Waals surface area contributed by atoms with E-state index in [1.165, 1.54) is 11.1 Å². The van der Waals surface area contributed by atoms with Crippen LogP contribution in [0, 0.1) is 13.8 Å². The summed E-state index contributed by atoms with van der Waals surface area (Å²) < 4.78 is 7.70. The maximum absolute atomic E-state index is 5.87. The molecule has 1 aromatic heterocycles. The number of para-hydroxylation sites is 1. The Kier molecular flexibility index (Phi) is 4.89. The lowest BCUT2D eigenvalue weighted by atomic mass is 10.1. The third kappa shape index (κ3) is 3.45. The van der Waals surface area contributed by atoms with Crippen molar-refractivity contribution in [3.8, 4) is 5.75 Å². The first-order valence-electron chi connectivity index (χ1n) is 6.55. The monoisotopic (exact) mass is 292 g/mol. The second-order valence-corrected chi connectivity index (χ2v) is 5.38. The Labute approximate surface area is 123 Å². The quantitative estimate of drug-likeness (QED) is 0.655. The first kappa shape index (κ1) is 14.7. The molecule has 0 amide bonds. The van der Waals surface area contributed by atoms with Gasteiger partial charge in [0.2, 0.25) is 5.95 Å². The van der Waals surface area contributed by atoms with E-state index in [1.807, 2.05) is 17.0 Å². The summed E-state index contributed by atoms with van der Waals surface area (Å²) in [4.78, 5) is 4.15. The molecule has 6 heteroatoms. The number of aromatic nitrogens is 3. The van der Waals surface area contributed by atoms with Crippen molar-refractivity contribution in [2.45, 2.75) is 32.0 Å². The Hall–Kier alpha value is -1.69. The number of nitrogens with zero attached hydrogens (tertiary/aromatic N) is 3. The third-order valence-corrected chi connectivity index (χ3v) is 3.67. The second kappa shape index (κ2) is 6.65. The lowest BCUT2D eigenvalue weighted by Crippen LogP contribution is -2.08. The number of nitrogens with two attached hydrogens (primary N) is 1. The third-order valence-electron chi connectivity index (χ3n) is 3.01. The van der Waals surface area contributed by atoms with Crippen LogP contribution in [0.2, 0.25) is 0 Å². The molecule has 2 aromatic rings. The minimum absolute atomic E-state index is 0.324. The number of thioether (sulfide) groups is 1. The van der Waals surface area contributed by atoms with Crippen LogP contribution in [0.1, 0.15) is 17.5 Å². The van der Waals surface area contributed by atoms with Crippen LogP contribution >= 0.6 is 11.8 Å². The first-order chi connectivity index (χ1) is 9.61.